The molecule has 1 heterocycles. The van der Waals surface area contributed by atoms with Crippen molar-refractivity contribution in [2.75, 3.05) is 33.0 Å². The van der Waals surface area contributed by atoms with E-state index in [-0.39, 0.29) is 24.7 Å². The third kappa shape index (κ3) is 6.02. The standard InChI is InChI=1S/C18H28N2O4/c1-18(2,3)12-20(7-4-8-21)11-17(22)19-10-14-5-6-15-16(9-14)24-13-23-15/h5-6,9,21H,4,7-8,10-13H2,1-3H3,(H,19,22). The second kappa shape index (κ2) is 8.35. The van der Waals surface area contributed by atoms with E-state index in [1.165, 1.54) is 0 Å². The van der Waals surface area contributed by atoms with Crippen molar-refractivity contribution >= 4 is 5.91 Å². The van der Waals surface area contributed by atoms with Gasteiger partial charge < -0.3 is 19.9 Å². The van der Waals surface area contributed by atoms with Crippen molar-refractivity contribution in [3.05, 3.63) is 23.8 Å². The molecule has 134 valence electrons. The molecule has 6 nitrogen and oxygen atoms in total. The van der Waals surface area contributed by atoms with Crippen LogP contribution in [0, 0.1) is 5.41 Å². The highest BCUT2D eigenvalue weighted by Gasteiger charge is 2.19. The van der Waals surface area contributed by atoms with Crippen molar-refractivity contribution in [1.82, 2.24) is 10.2 Å². The van der Waals surface area contributed by atoms with Gasteiger partial charge in [0.15, 0.2) is 11.5 Å². The van der Waals surface area contributed by atoms with Gasteiger partial charge in [0.05, 0.1) is 6.54 Å². The molecule has 0 radical (unpaired) electrons. The van der Waals surface area contributed by atoms with Gasteiger partial charge >= 0.3 is 0 Å². The molecular formula is C18H28N2O4. The molecule has 0 saturated heterocycles. The molecule has 2 N–H and O–H groups in total. The van der Waals surface area contributed by atoms with Crippen LogP contribution in [-0.2, 0) is 11.3 Å². The summed E-state index contributed by atoms with van der Waals surface area (Å²) in [6.07, 6.45) is 0.672. The third-order valence-electron chi connectivity index (χ3n) is 3.62. The summed E-state index contributed by atoms with van der Waals surface area (Å²) in [6.45, 7) is 9.13. The molecule has 0 aromatic heterocycles. The first-order chi connectivity index (χ1) is 11.4. The predicted octanol–water partition coefficient (Wildman–Crippen LogP) is 1.76. The van der Waals surface area contributed by atoms with Crippen LogP contribution in [0.1, 0.15) is 32.8 Å². The average Bonchev–Trinajstić information content (AvgIpc) is 2.96. The van der Waals surface area contributed by atoms with E-state index >= 15 is 0 Å². The molecule has 24 heavy (non-hydrogen) atoms. The first-order valence-corrected chi connectivity index (χ1v) is 8.36. The molecule has 2 rings (SSSR count). The van der Waals surface area contributed by atoms with E-state index in [0.717, 1.165) is 23.6 Å². The van der Waals surface area contributed by atoms with Gasteiger partial charge in [-0.05, 0) is 29.5 Å². The smallest absolute Gasteiger partial charge is 0.234 e. The Morgan fingerprint density at radius 2 is 2.04 bits per heavy atom. The molecule has 0 saturated carbocycles. The predicted molar refractivity (Wildman–Crippen MR) is 92.0 cm³/mol. The van der Waals surface area contributed by atoms with Crippen molar-refractivity contribution in [3.63, 3.8) is 0 Å². The highest BCUT2D eigenvalue weighted by Crippen LogP contribution is 2.32. The molecule has 1 aromatic rings. The first kappa shape index (κ1) is 18.5. The summed E-state index contributed by atoms with van der Waals surface area (Å²) in [6, 6.07) is 5.67. The average molecular weight is 336 g/mol. The summed E-state index contributed by atoms with van der Waals surface area (Å²) in [5.41, 5.74) is 1.08. The zero-order valence-electron chi connectivity index (χ0n) is 14.8. The molecule has 0 aliphatic carbocycles. The van der Waals surface area contributed by atoms with E-state index in [9.17, 15) is 4.79 Å². The number of fused-ring (bicyclic) bond motifs is 1. The molecule has 0 bridgehead atoms. The van der Waals surface area contributed by atoms with Crippen LogP contribution in [0.5, 0.6) is 11.5 Å². The summed E-state index contributed by atoms with van der Waals surface area (Å²) in [5.74, 6) is 1.44. The summed E-state index contributed by atoms with van der Waals surface area (Å²) in [4.78, 5) is 14.3. The van der Waals surface area contributed by atoms with Gasteiger partial charge in [-0.15, -0.1) is 0 Å². The van der Waals surface area contributed by atoms with E-state index in [1.807, 2.05) is 18.2 Å². The number of carbonyl (C=O) groups excluding carboxylic acids is 1. The summed E-state index contributed by atoms with van der Waals surface area (Å²) < 4.78 is 10.6. The topological polar surface area (TPSA) is 71.0 Å². The lowest BCUT2D eigenvalue weighted by molar-refractivity contribution is -0.122. The molecule has 0 spiro atoms. The van der Waals surface area contributed by atoms with E-state index in [2.05, 4.69) is 31.0 Å². The Morgan fingerprint density at radius 1 is 1.29 bits per heavy atom. The van der Waals surface area contributed by atoms with Crippen LogP contribution in [0.2, 0.25) is 0 Å². The largest absolute Gasteiger partial charge is 0.454 e. The molecule has 6 heteroatoms. The van der Waals surface area contributed by atoms with Gasteiger partial charge in [0, 0.05) is 26.2 Å². The molecule has 0 atom stereocenters. The monoisotopic (exact) mass is 336 g/mol. The molecule has 1 aliphatic heterocycles. The Balaban J connectivity index is 1.83. The summed E-state index contributed by atoms with van der Waals surface area (Å²) >= 11 is 0. The normalized spacial score (nSPS) is 13.4. The third-order valence-corrected chi connectivity index (χ3v) is 3.62. The van der Waals surface area contributed by atoms with Gasteiger partial charge in [-0.2, -0.15) is 0 Å². The van der Waals surface area contributed by atoms with Crippen molar-refractivity contribution in [1.29, 1.82) is 0 Å². The van der Waals surface area contributed by atoms with Crippen LogP contribution in [0.25, 0.3) is 0 Å². The number of nitrogens with one attached hydrogen (secondary N) is 1. The van der Waals surface area contributed by atoms with E-state index < -0.39 is 0 Å². The Labute approximate surface area is 143 Å². The lowest BCUT2D eigenvalue weighted by Crippen LogP contribution is -2.41. The van der Waals surface area contributed by atoms with Crippen LogP contribution in [0.3, 0.4) is 0 Å². The lowest BCUT2D eigenvalue weighted by atomic mass is 9.96. The van der Waals surface area contributed by atoms with Crippen molar-refractivity contribution in [2.24, 2.45) is 5.41 Å². The minimum absolute atomic E-state index is 0.0187. The number of rotatable bonds is 8. The van der Waals surface area contributed by atoms with Crippen molar-refractivity contribution < 1.29 is 19.4 Å². The Morgan fingerprint density at radius 3 is 2.75 bits per heavy atom. The molecular weight excluding hydrogens is 308 g/mol. The van der Waals surface area contributed by atoms with Crippen LogP contribution >= 0.6 is 0 Å². The maximum Gasteiger partial charge on any atom is 0.234 e. The lowest BCUT2D eigenvalue weighted by Gasteiger charge is -2.29. The Kier molecular flexibility index (Phi) is 6.45. The van der Waals surface area contributed by atoms with Crippen LogP contribution in [0.15, 0.2) is 18.2 Å². The molecule has 0 fully saturated rings. The fourth-order valence-electron chi connectivity index (χ4n) is 2.69. The maximum absolute atomic E-state index is 12.2. The second-order valence-electron chi connectivity index (χ2n) is 7.31. The van der Waals surface area contributed by atoms with Crippen LogP contribution < -0.4 is 14.8 Å². The van der Waals surface area contributed by atoms with Crippen molar-refractivity contribution in [3.8, 4) is 11.5 Å². The number of ether oxygens (including phenoxy) is 2. The van der Waals surface area contributed by atoms with Crippen LogP contribution in [0.4, 0.5) is 0 Å². The highest BCUT2D eigenvalue weighted by atomic mass is 16.7. The number of aliphatic hydroxyl groups excluding tert-OH is 1. The number of carbonyl (C=O) groups is 1. The number of hydrogen-bond donors (Lipinski definition) is 2. The van der Waals surface area contributed by atoms with E-state index in [1.54, 1.807) is 0 Å². The highest BCUT2D eigenvalue weighted by molar-refractivity contribution is 5.78. The number of hydrogen-bond acceptors (Lipinski definition) is 5. The Bertz CT molecular complexity index is 554. The van der Waals surface area contributed by atoms with Gasteiger partial charge in [0.2, 0.25) is 12.7 Å². The molecule has 0 unspecified atom stereocenters. The summed E-state index contributed by atoms with van der Waals surface area (Å²) in [5, 5.41) is 12.0. The Hall–Kier alpha value is -1.79. The van der Waals surface area contributed by atoms with Gasteiger partial charge in [-0.25, -0.2) is 0 Å². The maximum atomic E-state index is 12.2. The fraction of sp³-hybridized carbons (Fsp3) is 0.611. The van der Waals surface area contributed by atoms with E-state index in [4.69, 9.17) is 14.6 Å². The SMILES string of the molecule is CC(C)(C)CN(CCCO)CC(=O)NCc1ccc2c(c1)OCO2. The van der Waals surface area contributed by atoms with Gasteiger partial charge in [0.1, 0.15) is 0 Å². The summed E-state index contributed by atoms with van der Waals surface area (Å²) in [7, 11) is 0. The quantitative estimate of drug-likeness (QED) is 0.757. The number of nitrogens with zero attached hydrogens (tertiary/aromatic N) is 1. The second-order valence-corrected chi connectivity index (χ2v) is 7.31. The van der Waals surface area contributed by atoms with Crippen LogP contribution in [-0.4, -0.2) is 48.9 Å². The van der Waals surface area contributed by atoms with Gasteiger partial charge in [-0.3, -0.25) is 9.69 Å². The number of amides is 1. The molecule has 1 amide bonds. The molecule has 1 aliphatic rings. The minimum atomic E-state index is -0.0187. The number of aliphatic hydroxyl groups is 1. The molecule has 1 aromatic carbocycles. The van der Waals surface area contributed by atoms with E-state index in [0.29, 0.717) is 26.1 Å². The first-order valence-electron chi connectivity index (χ1n) is 8.36. The minimum Gasteiger partial charge on any atom is -0.454 e. The fourth-order valence-corrected chi connectivity index (χ4v) is 2.69. The van der Waals surface area contributed by atoms with Gasteiger partial charge in [-0.1, -0.05) is 26.8 Å². The zero-order valence-corrected chi connectivity index (χ0v) is 14.8. The van der Waals surface area contributed by atoms with Crippen molar-refractivity contribution in [2.45, 2.75) is 33.7 Å². The van der Waals surface area contributed by atoms with Gasteiger partial charge in [0.25, 0.3) is 0 Å². The number of benzene rings is 1. The zero-order chi connectivity index (χ0) is 17.6.